The van der Waals surface area contributed by atoms with Crippen molar-refractivity contribution in [2.45, 2.75) is 6.54 Å². The number of nitrogens with zero attached hydrogens (tertiary/aromatic N) is 3. The van der Waals surface area contributed by atoms with E-state index in [4.69, 9.17) is 28.9 Å². The molecule has 1 amide bonds. The van der Waals surface area contributed by atoms with Crippen LogP contribution in [0.1, 0.15) is 16.1 Å². The van der Waals surface area contributed by atoms with Crippen molar-refractivity contribution in [3.63, 3.8) is 0 Å². The first kappa shape index (κ1) is 16.3. The van der Waals surface area contributed by atoms with Crippen molar-refractivity contribution in [3.8, 4) is 0 Å². The van der Waals surface area contributed by atoms with E-state index in [-0.39, 0.29) is 11.5 Å². The molecule has 0 fully saturated rings. The average Bonchev–Trinajstić information content (AvgIpc) is 2.93. The average molecular weight is 362 g/mol. The smallest absolute Gasteiger partial charge is 0.280 e. The van der Waals surface area contributed by atoms with E-state index in [0.29, 0.717) is 22.3 Å². The lowest BCUT2D eigenvalue weighted by atomic mass is 10.2. The van der Waals surface area contributed by atoms with E-state index >= 15 is 0 Å². The Balaban J connectivity index is 1.78. The number of hydrogen-bond acceptors (Lipinski definition) is 4. The van der Waals surface area contributed by atoms with E-state index in [1.807, 2.05) is 12.1 Å². The number of carbonyl (C=O) groups is 1. The van der Waals surface area contributed by atoms with Crippen LogP contribution in [-0.4, -0.2) is 20.9 Å². The quantitative estimate of drug-likeness (QED) is 0.744. The Labute approximate surface area is 148 Å². The summed E-state index contributed by atoms with van der Waals surface area (Å²) in [5.74, 6) is -0.294. The summed E-state index contributed by atoms with van der Waals surface area (Å²) in [6.07, 6.45) is 0. The van der Waals surface area contributed by atoms with Crippen LogP contribution in [0.2, 0.25) is 10.0 Å². The van der Waals surface area contributed by atoms with Crippen LogP contribution in [0.25, 0.3) is 0 Å². The number of benzene rings is 2. The Morgan fingerprint density at radius 2 is 1.83 bits per heavy atom. The van der Waals surface area contributed by atoms with Crippen LogP contribution in [0, 0.1) is 0 Å². The van der Waals surface area contributed by atoms with Crippen LogP contribution < -0.4 is 11.1 Å². The fraction of sp³-hybridized carbons (Fsp3) is 0.0625. The number of aromatic nitrogens is 3. The first-order valence-electron chi connectivity index (χ1n) is 7.04. The molecule has 0 aliphatic heterocycles. The summed E-state index contributed by atoms with van der Waals surface area (Å²) < 4.78 is 1.45. The maximum absolute atomic E-state index is 12.3. The highest BCUT2D eigenvalue weighted by molar-refractivity contribution is 6.34. The minimum absolute atomic E-state index is 0.0453. The lowest BCUT2D eigenvalue weighted by molar-refractivity contribution is 0.102. The number of amides is 1. The number of nitrogens with one attached hydrogen (secondary N) is 1. The first-order chi connectivity index (χ1) is 11.5. The van der Waals surface area contributed by atoms with Gasteiger partial charge < -0.3 is 11.1 Å². The number of rotatable bonds is 4. The second-order valence-electron chi connectivity index (χ2n) is 5.04. The molecule has 6 nitrogen and oxygen atoms in total. The molecule has 122 valence electrons. The Kier molecular flexibility index (Phi) is 4.69. The molecule has 0 bridgehead atoms. The highest BCUT2D eigenvalue weighted by atomic mass is 35.5. The van der Waals surface area contributed by atoms with E-state index in [0.717, 1.165) is 5.56 Å². The highest BCUT2D eigenvalue weighted by Gasteiger charge is 2.18. The van der Waals surface area contributed by atoms with E-state index < -0.39 is 5.91 Å². The second kappa shape index (κ2) is 6.90. The van der Waals surface area contributed by atoms with Gasteiger partial charge in [-0.15, -0.1) is 5.10 Å². The zero-order chi connectivity index (χ0) is 17.1. The third kappa shape index (κ3) is 3.50. The van der Waals surface area contributed by atoms with Crippen molar-refractivity contribution in [2.24, 2.45) is 0 Å². The summed E-state index contributed by atoms with van der Waals surface area (Å²) in [6.45, 7) is 0.384. The molecule has 8 heteroatoms. The Hall–Kier alpha value is -2.57. The lowest BCUT2D eigenvalue weighted by Gasteiger charge is -2.06. The minimum Gasteiger partial charge on any atom is -0.382 e. The van der Waals surface area contributed by atoms with Gasteiger partial charge in [-0.1, -0.05) is 52.7 Å². The van der Waals surface area contributed by atoms with Gasteiger partial charge in [0.15, 0.2) is 11.5 Å². The van der Waals surface area contributed by atoms with Crippen molar-refractivity contribution < 1.29 is 4.79 Å². The minimum atomic E-state index is -0.469. The number of halogens is 2. The molecule has 2 aromatic carbocycles. The maximum Gasteiger partial charge on any atom is 0.280 e. The van der Waals surface area contributed by atoms with Gasteiger partial charge in [0.05, 0.1) is 17.3 Å². The normalized spacial score (nSPS) is 10.6. The summed E-state index contributed by atoms with van der Waals surface area (Å²) in [5, 5.41) is 11.5. The summed E-state index contributed by atoms with van der Waals surface area (Å²) in [4.78, 5) is 12.3. The van der Waals surface area contributed by atoms with Crippen molar-refractivity contribution in [1.29, 1.82) is 0 Å². The van der Waals surface area contributed by atoms with Gasteiger partial charge in [0.1, 0.15) is 0 Å². The van der Waals surface area contributed by atoms with Crippen LogP contribution in [0.15, 0.2) is 48.5 Å². The highest BCUT2D eigenvalue weighted by Crippen LogP contribution is 2.22. The topological polar surface area (TPSA) is 85.8 Å². The number of carbonyl (C=O) groups excluding carboxylic acids is 1. The fourth-order valence-corrected chi connectivity index (χ4v) is 2.41. The second-order valence-corrected chi connectivity index (χ2v) is 5.89. The zero-order valence-electron chi connectivity index (χ0n) is 12.4. The Morgan fingerprint density at radius 1 is 1.12 bits per heavy atom. The van der Waals surface area contributed by atoms with Gasteiger partial charge in [-0.3, -0.25) is 4.79 Å². The van der Waals surface area contributed by atoms with Crippen LogP contribution in [0.4, 0.5) is 11.5 Å². The lowest BCUT2D eigenvalue weighted by Crippen LogP contribution is -2.15. The molecule has 0 unspecified atom stereocenters. The third-order valence-electron chi connectivity index (χ3n) is 3.36. The van der Waals surface area contributed by atoms with Gasteiger partial charge in [0.2, 0.25) is 0 Å². The van der Waals surface area contributed by atoms with Crippen LogP contribution in [0.5, 0.6) is 0 Å². The molecule has 1 aromatic heterocycles. The van der Waals surface area contributed by atoms with E-state index in [2.05, 4.69) is 15.6 Å². The van der Waals surface area contributed by atoms with Crippen molar-refractivity contribution >= 4 is 40.6 Å². The van der Waals surface area contributed by atoms with Crippen LogP contribution >= 0.6 is 23.2 Å². The van der Waals surface area contributed by atoms with Crippen molar-refractivity contribution in [3.05, 3.63) is 69.8 Å². The Morgan fingerprint density at radius 3 is 2.54 bits per heavy atom. The zero-order valence-corrected chi connectivity index (χ0v) is 13.9. The number of para-hydroxylation sites is 1. The fourth-order valence-electron chi connectivity index (χ4n) is 2.11. The standard InChI is InChI=1S/C16H13Cl2N5O/c17-11-7-5-10(6-8-11)9-23-15(19)14(21-22-23)16(24)20-13-4-2-1-3-12(13)18/h1-8H,9,19H2,(H,20,24). The third-order valence-corrected chi connectivity index (χ3v) is 3.94. The predicted octanol–water partition coefficient (Wildman–Crippen LogP) is 3.47. The van der Waals surface area contributed by atoms with Gasteiger partial charge in [0, 0.05) is 5.02 Å². The van der Waals surface area contributed by atoms with E-state index in [9.17, 15) is 4.79 Å². The van der Waals surface area contributed by atoms with E-state index in [1.165, 1.54) is 4.68 Å². The van der Waals surface area contributed by atoms with Gasteiger partial charge in [0.25, 0.3) is 5.91 Å². The predicted molar refractivity (Wildman–Crippen MR) is 94.4 cm³/mol. The molecule has 0 atom stereocenters. The van der Waals surface area contributed by atoms with Gasteiger partial charge in [-0.05, 0) is 29.8 Å². The van der Waals surface area contributed by atoms with E-state index in [1.54, 1.807) is 36.4 Å². The van der Waals surface area contributed by atoms with Gasteiger partial charge in [-0.2, -0.15) is 0 Å². The number of hydrogen-bond donors (Lipinski definition) is 2. The Bertz CT molecular complexity index is 876. The summed E-state index contributed by atoms with van der Waals surface area (Å²) in [5.41, 5.74) is 7.46. The van der Waals surface area contributed by atoms with Crippen molar-refractivity contribution in [2.75, 3.05) is 11.1 Å². The van der Waals surface area contributed by atoms with Crippen LogP contribution in [0.3, 0.4) is 0 Å². The largest absolute Gasteiger partial charge is 0.382 e. The summed E-state index contributed by atoms with van der Waals surface area (Å²) in [6, 6.07) is 14.2. The monoisotopic (exact) mass is 361 g/mol. The maximum atomic E-state index is 12.3. The summed E-state index contributed by atoms with van der Waals surface area (Å²) in [7, 11) is 0. The van der Waals surface area contributed by atoms with Crippen molar-refractivity contribution in [1.82, 2.24) is 15.0 Å². The number of nitrogens with two attached hydrogens (primary N) is 1. The molecule has 3 N–H and O–H groups in total. The molecule has 0 spiro atoms. The molecule has 3 rings (SSSR count). The number of anilines is 2. The molecular formula is C16H13Cl2N5O. The van der Waals surface area contributed by atoms with Gasteiger partial charge in [-0.25, -0.2) is 4.68 Å². The molecular weight excluding hydrogens is 349 g/mol. The molecule has 0 saturated carbocycles. The molecule has 3 aromatic rings. The molecule has 1 heterocycles. The molecule has 24 heavy (non-hydrogen) atoms. The molecule has 0 aliphatic carbocycles. The first-order valence-corrected chi connectivity index (χ1v) is 7.79. The molecule has 0 aliphatic rings. The number of nitrogen functional groups attached to an aromatic ring is 1. The van der Waals surface area contributed by atoms with Gasteiger partial charge >= 0.3 is 0 Å². The summed E-state index contributed by atoms with van der Waals surface area (Å²) >= 11 is 11.9. The SMILES string of the molecule is Nc1c(C(=O)Nc2ccccc2Cl)nnn1Cc1ccc(Cl)cc1. The molecule has 0 radical (unpaired) electrons. The molecule has 0 saturated heterocycles. The van der Waals surface area contributed by atoms with Crippen LogP contribution in [-0.2, 0) is 6.54 Å².